The van der Waals surface area contributed by atoms with Crippen LogP contribution in [-0.4, -0.2) is 34.6 Å². The summed E-state index contributed by atoms with van der Waals surface area (Å²) in [7, 11) is 0. The number of amides is 3. The SMILES string of the molecule is O=C(CNC(=O)Nc1ccc([N+](=O)[O-])cc1Cl)N/N=C/c1ccncc1. The number of benzene rings is 1. The second-order valence-corrected chi connectivity index (χ2v) is 5.21. The van der Waals surface area contributed by atoms with Crippen LogP contribution in [-0.2, 0) is 4.79 Å². The van der Waals surface area contributed by atoms with Crippen LogP contribution in [0, 0.1) is 10.1 Å². The second-order valence-electron chi connectivity index (χ2n) is 4.80. The molecule has 1 heterocycles. The number of halogens is 1. The van der Waals surface area contributed by atoms with Crippen LogP contribution in [0.3, 0.4) is 0 Å². The summed E-state index contributed by atoms with van der Waals surface area (Å²) in [5, 5.41) is 19.1. The number of hydrazone groups is 1. The summed E-state index contributed by atoms with van der Waals surface area (Å²) >= 11 is 5.86. The summed E-state index contributed by atoms with van der Waals surface area (Å²) in [5.41, 5.74) is 2.97. The maximum absolute atomic E-state index is 11.7. The maximum atomic E-state index is 11.7. The van der Waals surface area contributed by atoms with Crippen LogP contribution in [0.2, 0.25) is 5.02 Å². The Kier molecular flexibility index (Phi) is 6.57. The first kappa shape index (κ1) is 18.8. The van der Waals surface area contributed by atoms with Gasteiger partial charge in [-0.3, -0.25) is 19.9 Å². The van der Waals surface area contributed by atoms with Crippen LogP contribution in [0.4, 0.5) is 16.2 Å². The van der Waals surface area contributed by atoms with Gasteiger partial charge < -0.3 is 10.6 Å². The lowest BCUT2D eigenvalue weighted by Crippen LogP contribution is -2.37. The van der Waals surface area contributed by atoms with Gasteiger partial charge in [0.2, 0.25) is 0 Å². The molecule has 0 spiro atoms. The third-order valence-electron chi connectivity index (χ3n) is 2.93. The predicted octanol–water partition coefficient (Wildman–Crippen LogP) is 1.91. The molecule has 0 saturated heterocycles. The molecule has 3 amide bonds. The van der Waals surface area contributed by atoms with Gasteiger partial charge in [-0.15, -0.1) is 0 Å². The number of carbonyl (C=O) groups is 2. The number of nitrogens with zero attached hydrogens (tertiary/aromatic N) is 3. The van der Waals surface area contributed by atoms with Gasteiger partial charge in [-0.05, 0) is 23.8 Å². The van der Waals surface area contributed by atoms with E-state index in [1.54, 1.807) is 24.5 Å². The number of non-ortho nitro benzene ring substituents is 1. The highest BCUT2D eigenvalue weighted by Crippen LogP contribution is 2.26. The zero-order valence-corrected chi connectivity index (χ0v) is 13.9. The average Bonchev–Trinajstić information content (AvgIpc) is 2.62. The standard InChI is InChI=1S/C15H13ClN6O4/c16-12-7-11(22(25)26)1-2-13(12)20-15(24)18-9-14(23)21-19-8-10-3-5-17-6-4-10/h1-8H,9H2,(H,21,23)(H2,18,20,24)/b19-8+. The summed E-state index contributed by atoms with van der Waals surface area (Å²) in [6, 6.07) is 6.30. The first-order chi connectivity index (χ1) is 12.5. The summed E-state index contributed by atoms with van der Waals surface area (Å²) < 4.78 is 0. The molecule has 134 valence electrons. The Hall–Kier alpha value is -3.53. The first-order valence-electron chi connectivity index (χ1n) is 7.16. The normalized spacial score (nSPS) is 10.3. The highest BCUT2D eigenvalue weighted by molar-refractivity contribution is 6.33. The number of hydrogen-bond acceptors (Lipinski definition) is 6. The third kappa shape index (κ3) is 5.83. The van der Waals surface area contributed by atoms with Crippen molar-refractivity contribution in [3.05, 3.63) is 63.4 Å². The third-order valence-corrected chi connectivity index (χ3v) is 3.24. The van der Waals surface area contributed by atoms with Crippen molar-refractivity contribution in [1.82, 2.24) is 15.7 Å². The van der Waals surface area contributed by atoms with Crippen LogP contribution in [0.1, 0.15) is 5.56 Å². The molecule has 0 bridgehead atoms. The van der Waals surface area contributed by atoms with Crippen LogP contribution in [0.5, 0.6) is 0 Å². The topological polar surface area (TPSA) is 139 Å². The van der Waals surface area contributed by atoms with Crippen molar-refractivity contribution in [2.75, 3.05) is 11.9 Å². The van der Waals surface area contributed by atoms with Crippen molar-refractivity contribution in [3.63, 3.8) is 0 Å². The van der Waals surface area contributed by atoms with Crippen molar-refractivity contribution in [3.8, 4) is 0 Å². The van der Waals surface area contributed by atoms with E-state index in [1.165, 1.54) is 18.3 Å². The number of anilines is 1. The molecule has 2 rings (SSSR count). The van der Waals surface area contributed by atoms with Gasteiger partial charge in [0.15, 0.2) is 0 Å². The summed E-state index contributed by atoms with van der Waals surface area (Å²) in [6.45, 7) is -0.329. The second kappa shape index (κ2) is 9.08. The summed E-state index contributed by atoms with van der Waals surface area (Å²) in [5.74, 6) is -0.541. The Morgan fingerprint density at radius 2 is 2.00 bits per heavy atom. The van der Waals surface area contributed by atoms with E-state index in [0.29, 0.717) is 0 Å². The van der Waals surface area contributed by atoms with Crippen molar-refractivity contribution in [2.45, 2.75) is 0 Å². The lowest BCUT2D eigenvalue weighted by molar-refractivity contribution is -0.384. The Morgan fingerprint density at radius 1 is 1.27 bits per heavy atom. The van der Waals surface area contributed by atoms with E-state index in [9.17, 15) is 19.7 Å². The number of urea groups is 1. The molecule has 0 aliphatic heterocycles. The molecule has 10 nitrogen and oxygen atoms in total. The molecule has 0 atom stereocenters. The Labute approximate surface area is 152 Å². The van der Waals surface area contributed by atoms with Gasteiger partial charge in [-0.25, -0.2) is 10.2 Å². The van der Waals surface area contributed by atoms with Crippen molar-refractivity contribution in [1.29, 1.82) is 0 Å². The van der Waals surface area contributed by atoms with E-state index in [2.05, 4.69) is 26.1 Å². The number of aromatic nitrogens is 1. The van der Waals surface area contributed by atoms with E-state index in [1.807, 2.05) is 0 Å². The number of hydrogen-bond donors (Lipinski definition) is 3. The van der Waals surface area contributed by atoms with E-state index in [-0.39, 0.29) is 22.9 Å². The Balaban J connectivity index is 1.78. The molecule has 26 heavy (non-hydrogen) atoms. The van der Waals surface area contributed by atoms with Crippen LogP contribution < -0.4 is 16.1 Å². The monoisotopic (exact) mass is 376 g/mol. The van der Waals surface area contributed by atoms with Gasteiger partial charge in [0.05, 0.1) is 21.8 Å². The highest BCUT2D eigenvalue weighted by Gasteiger charge is 2.12. The number of pyridine rings is 1. The largest absolute Gasteiger partial charge is 0.329 e. The van der Waals surface area contributed by atoms with Crippen molar-refractivity contribution in [2.24, 2.45) is 5.10 Å². The van der Waals surface area contributed by atoms with Gasteiger partial charge in [0, 0.05) is 24.5 Å². The zero-order valence-electron chi connectivity index (χ0n) is 13.2. The van der Waals surface area contributed by atoms with Crippen LogP contribution in [0.25, 0.3) is 0 Å². The minimum Gasteiger partial charge on any atom is -0.329 e. The van der Waals surface area contributed by atoms with Crippen molar-refractivity contribution >= 4 is 41.1 Å². The highest BCUT2D eigenvalue weighted by atomic mass is 35.5. The molecule has 0 aliphatic rings. The number of nitrogens with one attached hydrogen (secondary N) is 3. The minimum atomic E-state index is -0.700. The molecule has 1 aromatic carbocycles. The smallest absolute Gasteiger partial charge is 0.319 e. The molecule has 0 saturated carbocycles. The number of rotatable bonds is 6. The molecule has 0 radical (unpaired) electrons. The van der Waals surface area contributed by atoms with E-state index in [0.717, 1.165) is 11.6 Å². The molecule has 1 aromatic heterocycles. The average molecular weight is 377 g/mol. The Bertz CT molecular complexity index is 843. The summed E-state index contributed by atoms with van der Waals surface area (Å²) in [6.07, 6.45) is 4.59. The van der Waals surface area contributed by atoms with E-state index < -0.39 is 16.9 Å². The zero-order chi connectivity index (χ0) is 18.9. The van der Waals surface area contributed by atoms with Gasteiger partial charge in [0.25, 0.3) is 11.6 Å². The van der Waals surface area contributed by atoms with Crippen molar-refractivity contribution < 1.29 is 14.5 Å². The lowest BCUT2D eigenvalue weighted by Gasteiger charge is -2.08. The molecule has 3 N–H and O–H groups in total. The number of nitro groups is 1. The molecular formula is C15H13ClN6O4. The first-order valence-corrected chi connectivity index (χ1v) is 7.54. The molecule has 0 unspecified atom stereocenters. The fourth-order valence-electron chi connectivity index (χ4n) is 1.71. The van der Waals surface area contributed by atoms with Crippen LogP contribution in [0.15, 0.2) is 47.8 Å². The fourth-order valence-corrected chi connectivity index (χ4v) is 1.94. The fraction of sp³-hybridized carbons (Fsp3) is 0.0667. The van der Waals surface area contributed by atoms with Gasteiger partial charge >= 0.3 is 6.03 Å². The quantitative estimate of drug-likeness (QED) is 0.401. The van der Waals surface area contributed by atoms with E-state index in [4.69, 9.17) is 11.6 Å². The predicted molar refractivity (Wildman–Crippen MR) is 95.1 cm³/mol. The molecule has 0 fully saturated rings. The van der Waals surface area contributed by atoms with Gasteiger partial charge in [-0.1, -0.05) is 11.6 Å². The maximum Gasteiger partial charge on any atom is 0.319 e. The lowest BCUT2D eigenvalue weighted by atomic mass is 10.3. The molecular weight excluding hydrogens is 364 g/mol. The van der Waals surface area contributed by atoms with Gasteiger partial charge in [-0.2, -0.15) is 5.10 Å². The van der Waals surface area contributed by atoms with E-state index >= 15 is 0 Å². The molecule has 11 heteroatoms. The molecule has 2 aromatic rings. The summed E-state index contributed by atoms with van der Waals surface area (Å²) in [4.78, 5) is 37.2. The molecule has 0 aliphatic carbocycles. The van der Waals surface area contributed by atoms with Crippen LogP contribution >= 0.6 is 11.6 Å². The Morgan fingerprint density at radius 3 is 2.65 bits per heavy atom. The minimum absolute atomic E-state index is 0.000697. The number of carbonyl (C=O) groups excluding carboxylic acids is 2. The van der Waals surface area contributed by atoms with Gasteiger partial charge in [0.1, 0.15) is 6.54 Å². The number of nitro benzene ring substituents is 1.